The van der Waals surface area contributed by atoms with Gasteiger partial charge >= 0.3 is 0 Å². The van der Waals surface area contributed by atoms with Crippen molar-refractivity contribution in [1.82, 2.24) is 10.2 Å². The van der Waals surface area contributed by atoms with Crippen molar-refractivity contribution in [1.29, 1.82) is 0 Å². The molecule has 2 rings (SSSR count). The normalized spacial score (nSPS) is 19.1. The summed E-state index contributed by atoms with van der Waals surface area (Å²) >= 11 is 3.39. The third-order valence-corrected chi connectivity index (χ3v) is 3.88. The third-order valence-electron chi connectivity index (χ3n) is 3.39. The maximum absolute atomic E-state index is 12.3. The summed E-state index contributed by atoms with van der Waals surface area (Å²) in [5.74, 6) is 0.724. The van der Waals surface area contributed by atoms with E-state index in [1.165, 1.54) is 0 Å². The van der Waals surface area contributed by atoms with Gasteiger partial charge in [-0.3, -0.25) is 4.79 Å². The average Bonchev–Trinajstić information content (AvgIpc) is 2.90. The smallest absolute Gasteiger partial charge is 0.263 e. The Morgan fingerprint density at radius 1 is 1.55 bits per heavy atom. The molecule has 6 heteroatoms. The molecule has 2 atom stereocenters. The van der Waals surface area contributed by atoms with Crippen LogP contribution >= 0.6 is 28.3 Å². The van der Waals surface area contributed by atoms with Crippen LogP contribution in [0.15, 0.2) is 28.7 Å². The van der Waals surface area contributed by atoms with Crippen molar-refractivity contribution < 1.29 is 9.53 Å². The summed E-state index contributed by atoms with van der Waals surface area (Å²) in [5, 5.41) is 3.26. The second-order valence-electron chi connectivity index (χ2n) is 4.81. The molecule has 1 heterocycles. The SMILES string of the molecule is CC(Oc1cccc(Br)c1)C(=O)N(C)C1CCNC1.Cl. The van der Waals surface area contributed by atoms with E-state index in [1.807, 2.05) is 31.3 Å². The fraction of sp³-hybridized carbons (Fsp3) is 0.500. The molecule has 20 heavy (non-hydrogen) atoms. The predicted octanol–water partition coefficient (Wildman–Crippen LogP) is 2.46. The van der Waals surface area contributed by atoms with Crippen LogP contribution in [0.1, 0.15) is 13.3 Å². The van der Waals surface area contributed by atoms with Gasteiger partial charge in [0.25, 0.3) is 5.91 Å². The van der Waals surface area contributed by atoms with Crippen molar-refractivity contribution in [2.75, 3.05) is 20.1 Å². The number of likely N-dealkylation sites (N-methyl/N-ethyl adjacent to an activating group) is 1. The van der Waals surface area contributed by atoms with Gasteiger partial charge in [-0.25, -0.2) is 0 Å². The van der Waals surface area contributed by atoms with Gasteiger partial charge in [-0.05, 0) is 38.1 Å². The lowest BCUT2D eigenvalue weighted by molar-refractivity contribution is -0.138. The molecule has 1 aromatic carbocycles. The molecule has 0 aliphatic carbocycles. The van der Waals surface area contributed by atoms with E-state index in [4.69, 9.17) is 4.74 Å². The van der Waals surface area contributed by atoms with E-state index in [0.29, 0.717) is 5.75 Å². The first-order valence-electron chi connectivity index (χ1n) is 6.47. The molecule has 1 fully saturated rings. The maximum Gasteiger partial charge on any atom is 0.263 e. The molecular formula is C14H20BrClN2O2. The molecule has 1 aromatic rings. The van der Waals surface area contributed by atoms with E-state index in [2.05, 4.69) is 21.2 Å². The van der Waals surface area contributed by atoms with Gasteiger partial charge in [0.2, 0.25) is 0 Å². The van der Waals surface area contributed by atoms with Crippen LogP contribution in [0.4, 0.5) is 0 Å². The fourth-order valence-electron chi connectivity index (χ4n) is 2.23. The third kappa shape index (κ3) is 4.36. The van der Waals surface area contributed by atoms with Crippen LogP contribution in [0.5, 0.6) is 5.75 Å². The van der Waals surface area contributed by atoms with Crippen LogP contribution in [0.25, 0.3) is 0 Å². The highest BCUT2D eigenvalue weighted by Gasteiger charge is 2.27. The lowest BCUT2D eigenvalue weighted by Gasteiger charge is -2.27. The van der Waals surface area contributed by atoms with E-state index in [0.717, 1.165) is 24.0 Å². The largest absolute Gasteiger partial charge is 0.481 e. The van der Waals surface area contributed by atoms with Gasteiger partial charge in [0, 0.05) is 24.1 Å². The molecule has 0 aromatic heterocycles. The number of carbonyl (C=O) groups is 1. The standard InChI is InChI=1S/C14H19BrN2O2.ClH/c1-10(19-13-5-3-4-11(15)8-13)14(18)17(2)12-6-7-16-9-12;/h3-5,8,10,12,16H,6-7,9H2,1-2H3;1H. The van der Waals surface area contributed by atoms with Gasteiger partial charge < -0.3 is 15.0 Å². The minimum atomic E-state index is -0.472. The summed E-state index contributed by atoms with van der Waals surface area (Å²) < 4.78 is 6.64. The number of hydrogen-bond acceptors (Lipinski definition) is 3. The van der Waals surface area contributed by atoms with Crippen molar-refractivity contribution in [2.24, 2.45) is 0 Å². The van der Waals surface area contributed by atoms with Crippen LogP contribution in [0.2, 0.25) is 0 Å². The highest BCUT2D eigenvalue weighted by molar-refractivity contribution is 9.10. The van der Waals surface area contributed by atoms with Crippen molar-refractivity contribution >= 4 is 34.2 Å². The number of amides is 1. The highest BCUT2D eigenvalue weighted by Crippen LogP contribution is 2.19. The number of ether oxygens (including phenoxy) is 1. The van der Waals surface area contributed by atoms with E-state index >= 15 is 0 Å². The van der Waals surface area contributed by atoms with Crippen LogP contribution in [0.3, 0.4) is 0 Å². The molecular weight excluding hydrogens is 344 g/mol. The molecule has 0 spiro atoms. The molecule has 1 amide bonds. The fourth-order valence-corrected chi connectivity index (χ4v) is 2.61. The van der Waals surface area contributed by atoms with Gasteiger partial charge in [0.15, 0.2) is 6.10 Å². The second kappa shape index (κ2) is 7.86. The highest BCUT2D eigenvalue weighted by atomic mass is 79.9. The van der Waals surface area contributed by atoms with Crippen molar-refractivity contribution in [2.45, 2.75) is 25.5 Å². The van der Waals surface area contributed by atoms with Gasteiger partial charge in [-0.1, -0.05) is 22.0 Å². The number of nitrogens with one attached hydrogen (secondary N) is 1. The van der Waals surface area contributed by atoms with Gasteiger partial charge in [0.05, 0.1) is 0 Å². The molecule has 0 saturated carbocycles. The van der Waals surface area contributed by atoms with Gasteiger partial charge in [0.1, 0.15) is 5.75 Å². The van der Waals surface area contributed by atoms with E-state index < -0.39 is 6.10 Å². The van der Waals surface area contributed by atoms with Crippen LogP contribution in [-0.4, -0.2) is 43.1 Å². The molecule has 2 unspecified atom stereocenters. The number of nitrogens with zero attached hydrogens (tertiary/aromatic N) is 1. The summed E-state index contributed by atoms with van der Waals surface area (Å²) in [6.45, 7) is 3.64. The van der Waals surface area contributed by atoms with Crippen LogP contribution < -0.4 is 10.1 Å². The first-order valence-corrected chi connectivity index (χ1v) is 7.27. The van der Waals surface area contributed by atoms with Crippen LogP contribution in [0, 0.1) is 0 Å². The Bertz CT molecular complexity index is 453. The molecule has 1 aliphatic rings. The zero-order valence-corrected chi connectivity index (χ0v) is 14.0. The Balaban J connectivity index is 0.00000200. The topological polar surface area (TPSA) is 41.6 Å². The minimum Gasteiger partial charge on any atom is -0.481 e. The van der Waals surface area contributed by atoms with Crippen molar-refractivity contribution in [3.63, 3.8) is 0 Å². The zero-order chi connectivity index (χ0) is 13.8. The zero-order valence-electron chi connectivity index (χ0n) is 11.6. The van der Waals surface area contributed by atoms with E-state index in [9.17, 15) is 4.79 Å². The molecule has 1 aliphatic heterocycles. The summed E-state index contributed by atoms with van der Waals surface area (Å²) in [7, 11) is 1.85. The van der Waals surface area contributed by atoms with Crippen LogP contribution in [-0.2, 0) is 4.79 Å². The van der Waals surface area contributed by atoms with Gasteiger partial charge in [-0.2, -0.15) is 0 Å². The molecule has 1 saturated heterocycles. The average molecular weight is 364 g/mol. The number of hydrogen-bond donors (Lipinski definition) is 1. The first kappa shape index (κ1) is 17.3. The van der Waals surface area contributed by atoms with Crippen molar-refractivity contribution in [3.8, 4) is 5.75 Å². The molecule has 4 nitrogen and oxygen atoms in total. The Morgan fingerprint density at radius 2 is 2.30 bits per heavy atom. The van der Waals surface area contributed by atoms with Crippen molar-refractivity contribution in [3.05, 3.63) is 28.7 Å². The number of carbonyl (C=O) groups excluding carboxylic acids is 1. The molecule has 112 valence electrons. The number of rotatable bonds is 4. The Kier molecular flexibility index (Phi) is 6.79. The summed E-state index contributed by atoms with van der Waals surface area (Å²) in [6.07, 6.45) is 0.533. The molecule has 1 N–H and O–H groups in total. The summed E-state index contributed by atoms with van der Waals surface area (Å²) in [5.41, 5.74) is 0. The predicted molar refractivity (Wildman–Crippen MR) is 85.5 cm³/mol. The lowest BCUT2D eigenvalue weighted by atomic mass is 10.2. The monoisotopic (exact) mass is 362 g/mol. The summed E-state index contributed by atoms with van der Waals surface area (Å²) in [6, 6.07) is 7.81. The van der Waals surface area contributed by atoms with E-state index in [-0.39, 0.29) is 24.4 Å². The Hall–Kier alpha value is -0.780. The minimum absolute atomic E-state index is 0. The summed E-state index contributed by atoms with van der Waals surface area (Å²) in [4.78, 5) is 14.1. The van der Waals surface area contributed by atoms with Gasteiger partial charge in [-0.15, -0.1) is 12.4 Å². The first-order chi connectivity index (χ1) is 9.08. The molecule has 0 bridgehead atoms. The Morgan fingerprint density at radius 3 is 2.90 bits per heavy atom. The lowest BCUT2D eigenvalue weighted by Crippen LogP contribution is -2.44. The number of benzene rings is 1. The number of halogens is 2. The maximum atomic E-state index is 12.3. The Labute approximate surface area is 134 Å². The quantitative estimate of drug-likeness (QED) is 0.893. The second-order valence-corrected chi connectivity index (χ2v) is 5.73. The van der Waals surface area contributed by atoms with E-state index in [1.54, 1.807) is 11.8 Å². The molecule has 0 radical (unpaired) electrons.